The summed E-state index contributed by atoms with van der Waals surface area (Å²) in [5, 5.41) is 12.5. The summed E-state index contributed by atoms with van der Waals surface area (Å²) in [5.74, 6) is -0.431. The minimum Gasteiger partial charge on any atom is -0.490 e. The van der Waals surface area contributed by atoms with Gasteiger partial charge in [0.1, 0.15) is 18.2 Å². The Labute approximate surface area is 138 Å². The van der Waals surface area contributed by atoms with Gasteiger partial charge in [0, 0.05) is 22.8 Å². The zero-order chi connectivity index (χ0) is 16.0. The number of H-pyrrole nitrogens is 1. The lowest BCUT2D eigenvalue weighted by molar-refractivity contribution is 0.103. The van der Waals surface area contributed by atoms with Crippen molar-refractivity contribution in [2.45, 2.75) is 7.43 Å². The second-order valence-corrected chi connectivity index (χ2v) is 5.25. The van der Waals surface area contributed by atoms with Gasteiger partial charge in [0.2, 0.25) is 0 Å². The van der Waals surface area contributed by atoms with Crippen LogP contribution in [-0.4, -0.2) is 29.2 Å². The lowest BCUT2D eigenvalue weighted by Gasteiger charge is -2.13. The van der Waals surface area contributed by atoms with Crippen molar-refractivity contribution < 1.29 is 19.0 Å². The maximum absolute atomic E-state index is 14.4. The first-order valence-electron chi connectivity index (χ1n) is 7.18. The fraction of sp³-hybridized carbons (Fsp3) is 0.167. The molecule has 6 heteroatoms. The van der Waals surface area contributed by atoms with Gasteiger partial charge in [-0.3, -0.25) is 4.79 Å². The molecular formula is C18H17FN2O3. The average Bonchev–Trinajstić information content (AvgIpc) is 3.18. The number of amides is 1. The Morgan fingerprint density at radius 3 is 2.75 bits per heavy atom. The van der Waals surface area contributed by atoms with Gasteiger partial charge in [0.05, 0.1) is 23.2 Å². The van der Waals surface area contributed by atoms with E-state index in [4.69, 9.17) is 9.84 Å². The fourth-order valence-electron chi connectivity index (χ4n) is 2.99. The van der Waals surface area contributed by atoms with Crippen LogP contribution in [0.1, 0.15) is 17.8 Å². The molecule has 24 heavy (non-hydrogen) atoms. The number of hydrogen-bond acceptors (Lipinski definition) is 3. The molecule has 0 spiro atoms. The number of rotatable bonds is 4. The predicted octanol–water partition coefficient (Wildman–Crippen LogP) is 3.55. The molecule has 3 N–H and O–H groups in total. The standard InChI is InChI=1S/C17H13FN2O3.CH4/c18-10-3-4-12-16-14(17(22)20-12)9(11-2-1-5-19-11)8-13(15(10)16)23-7-6-21;/h1-5,8,19,21H,6-7H2,(H,20,22);1H4. The quantitative estimate of drug-likeness (QED) is 0.686. The van der Waals surface area contributed by atoms with E-state index in [0.29, 0.717) is 28.0 Å². The van der Waals surface area contributed by atoms with E-state index in [9.17, 15) is 9.18 Å². The molecule has 4 rings (SSSR count). The number of aliphatic hydroxyl groups is 1. The van der Waals surface area contributed by atoms with Gasteiger partial charge >= 0.3 is 0 Å². The molecule has 1 aliphatic rings. The van der Waals surface area contributed by atoms with Crippen molar-refractivity contribution in [3.63, 3.8) is 0 Å². The molecule has 2 heterocycles. The molecule has 0 saturated carbocycles. The number of halogens is 1. The van der Waals surface area contributed by atoms with Crippen LogP contribution in [0.5, 0.6) is 5.75 Å². The molecule has 0 saturated heterocycles. The Balaban J connectivity index is 0.00000169. The second kappa shape index (κ2) is 5.98. The molecule has 0 radical (unpaired) electrons. The third kappa shape index (κ3) is 2.23. The van der Waals surface area contributed by atoms with Crippen LogP contribution in [0.4, 0.5) is 10.1 Å². The van der Waals surface area contributed by atoms with E-state index < -0.39 is 5.82 Å². The lowest BCUT2D eigenvalue weighted by atomic mass is 9.96. The molecule has 0 aliphatic carbocycles. The smallest absolute Gasteiger partial charge is 0.257 e. The number of aliphatic hydroxyl groups excluding tert-OH is 1. The van der Waals surface area contributed by atoms with E-state index in [0.717, 1.165) is 5.69 Å². The van der Waals surface area contributed by atoms with Gasteiger partial charge in [-0.15, -0.1) is 0 Å². The molecular weight excluding hydrogens is 311 g/mol. The summed E-state index contributed by atoms with van der Waals surface area (Å²) >= 11 is 0. The van der Waals surface area contributed by atoms with Crippen LogP contribution in [-0.2, 0) is 0 Å². The van der Waals surface area contributed by atoms with Crippen molar-refractivity contribution in [3.8, 4) is 17.0 Å². The molecule has 3 aromatic rings. The van der Waals surface area contributed by atoms with Crippen molar-refractivity contribution in [1.29, 1.82) is 0 Å². The van der Waals surface area contributed by atoms with Crippen LogP contribution in [0.25, 0.3) is 22.0 Å². The summed E-state index contributed by atoms with van der Waals surface area (Å²) < 4.78 is 19.9. The van der Waals surface area contributed by atoms with Gasteiger partial charge in [0.15, 0.2) is 0 Å². The van der Waals surface area contributed by atoms with Crippen LogP contribution in [0.15, 0.2) is 36.5 Å². The number of nitrogens with one attached hydrogen (secondary N) is 2. The Morgan fingerprint density at radius 1 is 1.21 bits per heavy atom. The number of benzene rings is 2. The van der Waals surface area contributed by atoms with Gasteiger partial charge in [-0.05, 0) is 30.3 Å². The number of aromatic amines is 1. The molecule has 0 fully saturated rings. The molecule has 2 aromatic carbocycles. The number of hydrogen-bond donors (Lipinski definition) is 3. The summed E-state index contributed by atoms with van der Waals surface area (Å²) in [6, 6.07) is 8.13. The Hall–Kier alpha value is -2.86. The molecule has 0 unspecified atom stereocenters. The first kappa shape index (κ1) is 16.0. The van der Waals surface area contributed by atoms with Gasteiger partial charge in [-0.1, -0.05) is 7.43 Å². The molecule has 0 bridgehead atoms. The van der Waals surface area contributed by atoms with Crippen molar-refractivity contribution >= 4 is 22.4 Å². The maximum Gasteiger partial charge on any atom is 0.257 e. The number of carbonyl (C=O) groups excluding carboxylic acids is 1. The van der Waals surface area contributed by atoms with E-state index in [1.54, 1.807) is 18.3 Å². The second-order valence-electron chi connectivity index (χ2n) is 5.25. The van der Waals surface area contributed by atoms with Crippen LogP contribution in [0, 0.1) is 5.82 Å². The lowest BCUT2D eigenvalue weighted by Crippen LogP contribution is -2.07. The first-order chi connectivity index (χ1) is 11.2. The third-order valence-electron chi connectivity index (χ3n) is 3.91. The highest BCUT2D eigenvalue weighted by molar-refractivity contribution is 6.27. The van der Waals surface area contributed by atoms with E-state index in [-0.39, 0.29) is 31.9 Å². The summed E-state index contributed by atoms with van der Waals surface area (Å²) in [6.07, 6.45) is 1.75. The van der Waals surface area contributed by atoms with E-state index in [1.165, 1.54) is 6.07 Å². The predicted molar refractivity (Wildman–Crippen MR) is 91.0 cm³/mol. The highest BCUT2D eigenvalue weighted by Crippen LogP contribution is 2.44. The van der Waals surface area contributed by atoms with Crippen molar-refractivity contribution in [1.82, 2.24) is 4.98 Å². The summed E-state index contributed by atoms with van der Waals surface area (Å²) in [7, 11) is 0. The number of ether oxygens (including phenoxy) is 1. The molecule has 124 valence electrons. The SMILES string of the molecule is C.O=C1Nc2ccc(F)c3c(OCCO)cc(-c4ccc[nH]4)c1c23. The van der Waals surface area contributed by atoms with Gasteiger partial charge < -0.3 is 20.1 Å². The number of anilines is 1. The largest absolute Gasteiger partial charge is 0.490 e. The summed E-state index contributed by atoms with van der Waals surface area (Å²) in [5.41, 5.74) is 2.36. The van der Waals surface area contributed by atoms with Crippen LogP contribution < -0.4 is 10.1 Å². The van der Waals surface area contributed by atoms with E-state index in [1.807, 2.05) is 12.1 Å². The number of carbonyl (C=O) groups is 1. The minimum absolute atomic E-state index is 0. The van der Waals surface area contributed by atoms with Crippen LogP contribution in [0.2, 0.25) is 0 Å². The van der Waals surface area contributed by atoms with Crippen molar-refractivity contribution in [2.24, 2.45) is 0 Å². The maximum atomic E-state index is 14.4. The highest BCUT2D eigenvalue weighted by Gasteiger charge is 2.29. The van der Waals surface area contributed by atoms with Crippen LogP contribution >= 0.6 is 0 Å². The molecule has 5 nitrogen and oxygen atoms in total. The Morgan fingerprint density at radius 2 is 2.04 bits per heavy atom. The zero-order valence-electron chi connectivity index (χ0n) is 12.0. The van der Waals surface area contributed by atoms with Crippen molar-refractivity contribution in [2.75, 3.05) is 18.5 Å². The van der Waals surface area contributed by atoms with Crippen LogP contribution in [0.3, 0.4) is 0 Å². The summed E-state index contributed by atoms with van der Waals surface area (Å²) in [6.45, 7) is -0.136. The van der Waals surface area contributed by atoms with E-state index >= 15 is 0 Å². The molecule has 1 aromatic heterocycles. The minimum atomic E-state index is -0.465. The van der Waals surface area contributed by atoms with Gasteiger partial charge in [0.25, 0.3) is 5.91 Å². The summed E-state index contributed by atoms with van der Waals surface area (Å²) in [4.78, 5) is 15.4. The molecule has 1 amide bonds. The highest BCUT2D eigenvalue weighted by atomic mass is 19.1. The van der Waals surface area contributed by atoms with E-state index in [2.05, 4.69) is 10.3 Å². The van der Waals surface area contributed by atoms with Gasteiger partial charge in [-0.2, -0.15) is 0 Å². The normalized spacial score (nSPS) is 12.2. The monoisotopic (exact) mass is 328 g/mol. The Kier molecular flexibility index (Phi) is 3.99. The van der Waals surface area contributed by atoms with Crippen molar-refractivity contribution in [3.05, 3.63) is 47.9 Å². The third-order valence-corrected chi connectivity index (χ3v) is 3.91. The molecule has 0 atom stereocenters. The average molecular weight is 328 g/mol. The first-order valence-corrected chi connectivity index (χ1v) is 7.18. The topological polar surface area (TPSA) is 74.3 Å². The zero-order valence-corrected chi connectivity index (χ0v) is 12.0. The number of aromatic nitrogens is 1. The van der Waals surface area contributed by atoms with Gasteiger partial charge in [-0.25, -0.2) is 4.39 Å². The fourth-order valence-corrected chi connectivity index (χ4v) is 2.99. The molecule has 1 aliphatic heterocycles. The Bertz CT molecular complexity index is 920.